The minimum atomic E-state index is -0.0425. The fraction of sp³-hybridized carbons (Fsp3) is 0.379. The average molecular weight is 475 g/mol. The zero-order valence-corrected chi connectivity index (χ0v) is 21.0. The highest BCUT2D eigenvalue weighted by molar-refractivity contribution is 5.69. The molecule has 0 amide bonds. The number of fused-ring (bicyclic) bond motifs is 7. The molecular weight excluding hydrogens is 444 g/mol. The monoisotopic (exact) mass is 474 g/mol. The summed E-state index contributed by atoms with van der Waals surface area (Å²) in [6.45, 7) is 0. The van der Waals surface area contributed by atoms with Gasteiger partial charge in [-0.05, 0) is 82.6 Å². The first-order chi connectivity index (χ1) is 17.0. The quantitative estimate of drug-likeness (QED) is 0.495. The third-order valence-electron chi connectivity index (χ3n) is 8.31. The molecule has 1 spiro atoms. The van der Waals surface area contributed by atoms with E-state index in [0.717, 1.165) is 47.3 Å². The Labute approximate surface area is 205 Å². The van der Waals surface area contributed by atoms with Gasteiger partial charge >= 0.3 is 0 Å². The van der Waals surface area contributed by atoms with Gasteiger partial charge in [-0.25, -0.2) is 0 Å². The number of benzene rings is 3. The molecule has 0 heterocycles. The molecule has 0 N–H and O–H groups in total. The summed E-state index contributed by atoms with van der Waals surface area (Å²) in [7, 11) is 10.2. The predicted octanol–water partition coefficient (Wildman–Crippen LogP) is 5.11. The minimum absolute atomic E-state index is 0.0425. The van der Waals surface area contributed by atoms with Crippen LogP contribution in [0, 0.1) is 5.41 Å². The highest BCUT2D eigenvalue weighted by Crippen LogP contribution is 2.71. The van der Waals surface area contributed by atoms with E-state index in [-0.39, 0.29) is 17.3 Å². The van der Waals surface area contributed by atoms with Crippen LogP contribution in [0.4, 0.5) is 0 Å². The Balaban J connectivity index is 1.64. The van der Waals surface area contributed by atoms with E-state index in [2.05, 4.69) is 36.4 Å². The molecule has 0 aromatic heterocycles. The van der Waals surface area contributed by atoms with Crippen molar-refractivity contribution in [2.24, 2.45) is 5.41 Å². The fourth-order valence-corrected chi connectivity index (χ4v) is 7.05. The van der Waals surface area contributed by atoms with Crippen molar-refractivity contribution in [3.8, 4) is 34.5 Å². The number of hydrogen-bond acceptors (Lipinski definition) is 6. The van der Waals surface area contributed by atoms with Crippen LogP contribution < -0.4 is 28.4 Å². The maximum atomic E-state index is 5.73. The van der Waals surface area contributed by atoms with Crippen LogP contribution in [0.15, 0.2) is 36.4 Å². The van der Waals surface area contributed by atoms with Gasteiger partial charge in [0, 0.05) is 17.3 Å². The van der Waals surface area contributed by atoms with E-state index in [1.807, 2.05) is 0 Å². The minimum Gasteiger partial charge on any atom is -0.493 e. The molecule has 0 aliphatic heterocycles. The molecule has 3 aliphatic carbocycles. The van der Waals surface area contributed by atoms with Crippen LogP contribution in [-0.4, -0.2) is 42.7 Å². The molecule has 182 valence electrons. The summed E-state index contributed by atoms with van der Waals surface area (Å²) in [5, 5.41) is 0. The predicted molar refractivity (Wildman–Crippen MR) is 132 cm³/mol. The summed E-state index contributed by atoms with van der Waals surface area (Å²) in [5.74, 6) is 4.95. The van der Waals surface area contributed by atoms with Gasteiger partial charge < -0.3 is 28.4 Å². The molecule has 3 aromatic rings. The summed E-state index contributed by atoms with van der Waals surface area (Å²) in [6.07, 6.45) is 1.88. The van der Waals surface area contributed by atoms with Gasteiger partial charge in [-0.15, -0.1) is 0 Å². The van der Waals surface area contributed by atoms with E-state index in [9.17, 15) is 0 Å². The molecule has 0 bridgehead atoms. The second kappa shape index (κ2) is 7.74. The molecule has 0 fully saturated rings. The van der Waals surface area contributed by atoms with Crippen molar-refractivity contribution in [1.82, 2.24) is 0 Å². The molecule has 3 aliphatic rings. The Morgan fingerprint density at radius 1 is 0.457 bits per heavy atom. The molecule has 2 unspecified atom stereocenters. The van der Waals surface area contributed by atoms with E-state index < -0.39 is 0 Å². The van der Waals surface area contributed by atoms with Crippen LogP contribution in [0.3, 0.4) is 0 Å². The van der Waals surface area contributed by atoms with E-state index in [0.29, 0.717) is 0 Å². The van der Waals surface area contributed by atoms with Crippen molar-refractivity contribution in [1.29, 1.82) is 0 Å². The summed E-state index contributed by atoms with van der Waals surface area (Å²) >= 11 is 0. The van der Waals surface area contributed by atoms with E-state index in [4.69, 9.17) is 28.4 Å². The molecule has 0 radical (unpaired) electrons. The maximum absolute atomic E-state index is 5.73. The van der Waals surface area contributed by atoms with Crippen molar-refractivity contribution in [2.75, 3.05) is 42.7 Å². The second-order valence-electron chi connectivity index (χ2n) is 9.60. The van der Waals surface area contributed by atoms with E-state index in [1.54, 1.807) is 42.7 Å². The summed E-state index contributed by atoms with van der Waals surface area (Å²) < 4.78 is 34.2. The van der Waals surface area contributed by atoms with Gasteiger partial charge in [0.2, 0.25) is 0 Å². The lowest BCUT2D eigenvalue weighted by atomic mass is 9.71. The van der Waals surface area contributed by atoms with Gasteiger partial charge in [0.25, 0.3) is 0 Å². The van der Waals surface area contributed by atoms with Crippen LogP contribution in [-0.2, 0) is 12.8 Å². The van der Waals surface area contributed by atoms with Gasteiger partial charge in [-0.2, -0.15) is 0 Å². The van der Waals surface area contributed by atoms with Gasteiger partial charge in [0.1, 0.15) is 0 Å². The molecule has 0 saturated carbocycles. The maximum Gasteiger partial charge on any atom is 0.161 e. The van der Waals surface area contributed by atoms with E-state index in [1.165, 1.54) is 33.4 Å². The van der Waals surface area contributed by atoms with Crippen LogP contribution in [0.1, 0.15) is 45.2 Å². The standard InChI is InChI=1S/C29H30O6/c1-30-21-7-15-13-29-14-16-8-22(31-2)24(33-4)10-18(16)28(29)20-12-26(35-6)25(34-5)11-19(20)27(29)17(15)9-23(21)32-3/h7-12,27-28H,13-14H2,1-6H3. The Morgan fingerprint density at radius 3 is 1.06 bits per heavy atom. The summed E-state index contributed by atoms with van der Waals surface area (Å²) in [6, 6.07) is 13.0. The Kier molecular flexibility index (Phi) is 4.85. The molecular formula is C29H30O6. The first kappa shape index (κ1) is 22.0. The van der Waals surface area contributed by atoms with Gasteiger partial charge in [-0.3, -0.25) is 0 Å². The van der Waals surface area contributed by atoms with Crippen molar-refractivity contribution in [3.05, 3.63) is 69.8 Å². The average Bonchev–Trinajstić information content (AvgIpc) is 3.46. The van der Waals surface area contributed by atoms with Crippen molar-refractivity contribution in [2.45, 2.75) is 24.7 Å². The zero-order valence-electron chi connectivity index (χ0n) is 21.0. The highest BCUT2D eigenvalue weighted by atomic mass is 16.5. The number of ether oxygens (including phenoxy) is 6. The lowest BCUT2D eigenvalue weighted by Crippen LogP contribution is -2.26. The molecule has 35 heavy (non-hydrogen) atoms. The van der Waals surface area contributed by atoms with Crippen LogP contribution in [0.2, 0.25) is 0 Å². The lowest BCUT2D eigenvalue weighted by Gasteiger charge is -2.30. The molecule has 6 rings (SSSR count). The topological polar surface area (TPSA) is 55.4 Å². The van der Waals surface area contributed by atoms with Crippen molar-refractivity contribution >= 4 is 0 Å². The first-order valence-electron chi connectivity index (χ1n) is 11.8. The van der Waals surface area contributed by atoms with Crippen molar-refractivity contribution < 1.29 is 28.4 Å². The fourth-order valence-electron chi connectivity index (χ4n) is 7.05. The van der Waals surface area contributed by atoms with Gasteiger partial charge in [-0.1, -0.05) is 0 Å². The smallest absolute Gasteiger partial charge is 0.161 e. The van der Waals surface area contributed by atoms with Crippen LogP contribution in [0.5, 0.6) is 34.5 Å². The first-order valence-corrected chi connectivity index (χ1v) is 11.8. The van der Waals surface area contributed by atoms with Crippen LogP contribution in [0.25, 0.3) is 0 Å². The molecule has 6 nitrogen and oxygen atoms in total. The second-order valence-corrected chi connectivity index (χ2v) is 9.60. The Morgan fingerprint density at radius 2 is 0.743 bits per heavy atom. The largest absolute Gasteiger partial charge is 0.493 e. The summed E-state index contributed by atoms with van der Waals surface area (Å²) in [4.78, 5) is 0. The number of methoxy groups -OCH3 is 6. The normalized spacial score (nSPS) is 22.5. The third kappa shape index (κ3) is 2.77. The van der Waals surface area contributed by atoms with Crippen molar-refractivity contribution in [3.63, 3.8) is 0 Å². The Hall–Kier alpha value is -3.54. The molecule has 2 atom stereocenters. The molecule has 0 saturated heterocycles. The van der Waals surface area contributed by atoms with Gasteiger partial charge in [0.15, 0.2) is 34.5 Å². The summed E-state index contributed by atoms with van der Waals surface area (Å²) in [5.41, 5.74) is 7.75. The third-order valence-corrected chi connectivity index (χ3v) is 8.31. The number of hydrogen-bond donors (Lipinski definition) is 0. The highest BCUT2D eigenvalue weighted by Gasteiger charge is 2.61. The SMILES string of the molecule is COc1cc2c(cc1OC)C1c3cc(OC)c(OC)cc3C3c4cc(OC)c(OC)cc4CC13C2. The zero-order chi connectivity index (χ0) is 24.5. The van der Waals surface area contributed by atoms with Crippen LogP contribution >= 0.6 is 0 Å². The van der Waals surface area contributed by atoms with Gasteiger partial charge in [0.05, 0.1) is 42.7 Å². The van der Waals surface area contributed by atoms with E-state index >= 15 is 0 Å². The Bertz CT molecular complexity index is 1240. The lowest BCUT2D eigenvalue weighted by molar-refractivity contribution is 0.281. The molecule has 3 aromatic carbocycles. The molecule has 6 heteroatoms. The number of rotatable bonds is 6.